The molecular formula is C13H11F3N2O2S. The van der Waals surface area contributed by atoms with Crippen molar-refractivity contribution in [3.8, 4) is 0 Å². The molecule has 0 aliphatic carbocycles. The van der Waals surface area contributed by atoms with E-state index in [1.807, 2.05) is 0 Å². The number of rotatable bonds is 3. The van der Waals surface area contributed by atoms with Crippen molar-refractivity contribution in [3.05, 3.63) is 54.1 Å². The molecular weight excluding hydrogens is 305 g/mol. The Bertz CT molecular complexity index is 741. The standard InChI is InChI=1S/C13H11F3N2O2S/c14-13(15,16)9-5-7-10(8-6-9)21(19,20)18-12-4-2-1-3-11(12)17/h1-8,18H,17H2. The monoisotopic (exact) mass is 316 g/mol. The minimum Gasteiger partial charge on any atom is -0.397 e. The third-order valence-corrected chi connectivity index (χ3v) is 4.08. The van der Waals surface area contributed by atoms with E-state index in [2.05, 4.69) is 4.72 Å². The second kappa shape index (κ2) is 5.28. The summed E-state index contributed by atoms with van der Waals surface area (Å²) in [4.78, 5) is -0.279. The first-order valence-electron chi connectivity index (χ1n) is 5.75. The third-order valence-electron chi connectivity index (χ3n) is 2.70. The third kappa shape index (κ3) is 3.46. The molecule has 2 aromatic carbocycles. The van der Waals surface area contributed by atoms with Gasteiger partial charge in [-0.25, -0.2) is 8.42 Å². The van der Waals surface area contributed by atoms with Crippen LogP contribution in [0.25, 0.3) is 0 Å². The molecule has 0 amide bonds. The molecule has 0 saturated heterocycles. The van der Waals surface area contributed by atoms with E-state index < -0.39 is 21.8 Å². The van der Waals surface area contributed by atoms with Crippen LogP contribution in [0.2, 0.25) is 0 Å². The van der Waals surface area contributed by atoms with Gasteiger partial charge in [-0.1, -0.05) is 12.1 Å². The number of benzene rings is 2. The second-order valence-electron chi connectivity index (χ2n) is 4.21. The van der Waals surface area contributed by atoms with Crippen LogP contribution in [-0.2, 0) is 16.2 Å². The summed E-state index contributed by atoms with van der Waals surface area (Å²) >= 11 is 0. The summed E-state index contributed by atoms with van der Waals surface area (Å²) in [6.45, 7) is 0. The predicted molar refractivity (Wildman–Crippen MR) is 73.1 cm³/mol. The lowest BCUT2D eigenvalue weighted by Gasteiger charge is -2.11. The van der Waals surface area contributed by atoms with Gasteiger partial charge in [0, 0.05) is 0 Å². The van der Waals surface area contributed by atoms with Gasteiger partial charge in [0.25, 0.3) is 10.0 Å². The van der Waals surface area contributed by atoms with E-state index in [0.29, 0.717) is 12.1 Å². The molecule has 0 heterocycles. The Morgan fingerprint density at radius 3 is 2.05 bits per heavy atom. The Kier molecular flexibility index (Phi) is 3.82. The molecule has 2 rings (SSSR count). The Morgan fingerprint density at radius 2 is 1.52 bits per heavy atom. The molecule has 0 unspecified atom stereocenters. The average molecular weight is 316 g/mol. The first-order valence-corrected chi connectivity index (χ1v) is 7.23. The number of anilines is 2. The first kappa shape index (κ1) is 15.2. The van der Waals surface area contributed by atoms with Gasteiger partial charge >= 0.3 is 6.18 Å². The largest absolute Gasteiger partial charge is 0.416 e. The Labute approximate surface area is 119 Å². The summed E-state index contributed by atoms with van der Waals surface area (Å²) in [6.07, 6.45) is -4.51. The van der Waals surface area contributed by atoms with E-state index in [1.165, 1.54) is 12.1 Å². The van der Waals surface area contributed by atoms with E-state index >= 15 is 0 Å². The van der Waals surface area contributed by atoms with Gasteiger partial charge in [0.2, 0.25) is 0 Å². The minimum absolute atomic E-state index is 0.164. The zero-order valence-electron chi connectivity index (χ0n) is 10.6. The van der Waals surface area contributed by atoms with Crippen LogP contribution >= 0.6 is 0 Å². The fourth-order valence-corrected chi connectivity index (χ4v) is 2.70. The maximum atomic E-state index is 12.4. The normalized spacial score (nSPS) is 12.1. The molecule has 112 valence electrons. The van der Waals surface area contributed by atoms with Gasteiger partial charge in [-0.05, 0) is 36.4 Å². The van der Waals surface area contributed by atoms with E-state index in [1.54, 1.807) is 12.1 Å². The maximum absolute atomic E-state index is 12.4. The maximum Gasteiger partial charge on any atom is 0.416 e. The van der Waals surface area contributed by atoms with Crippen LogP contribution in [0.3, 0.4) is 0 Å². The molecule has 2 aromatic rings. The molecule has 0 fully saturated rings. The van der Waals surface area contributed by atoms with Crippen molar-refractivity contribution < 1.29 is 21.6 Å². The van der Waals surface area contributed by atoms with Crippen LogP contribution in [-0.4, -0.2) is 8.42 Å². The van der Waals surface area contributed by atoms with Crippen LogP contribution in [0.5, 0.6) is 0 Å². The highest BCUT2D eigenvalue weighted by atomic mass is 32.2. The molecule has 21 heavy (non-hydrogen) atoms. The molecule has 3 N–H and O–H groups in total. The van der Waals surface area contributed by atoms with Gasteiger partial charge in [-0.2, -0.15) is 13.2 Å². The fourth-order valence-electron chi connectivity index (χ4n) is 1.62. The fraction of sp³-hybridized carbons (Fsp3) is 0.0769. The molecule has 0 aliphatic heterocycles. The Morgan fingerprint density at radius 1 is 0.952 bits per heavy atom. The van der Waals surface area contributed by atoms with Crippen LogP contribution in [0.1, 0.15) is 5.56 Å². The van der Waals surface area contributed by atoms with Crippen molar-refractivity contribution in [1.29, 1.82) is 0 Å². The summed E-state index contributed by atoms with van der Waals surface area (Å²) in [7, 11) is -4.00. The molecule has 0 aliphatic rings. The SMILES string of the molecule is Nc1ccccc1NS(=O)(=O)c1ccc(C(F)(F)F)cc1. The average Bonchev–Trinajstić information content (AvgIpc) is 2.40. The van der Waals surface area contributed by atoms with Crippen molar-refractivity contribution in [2.24, 2.45) is 0 Å². The summed E-state index contributed by atoms with van der Waals surface area (Å²) in [5.41, 5.74) is 5.08. The Hall–Kier alpha value is -2.22. The summed E-state index contributed by atoms with van der Waals surface area (Å²) in [5, 5.41) is 0. The number of halogens is 3. The van der Waals surface area contributed by atoms with Crippen LogP contribution < -0.4 is 10.5 Å². The van der Waals surface area contributed by atoms with Crippen molar-refractivity contribution >= 4 is 21.4 Å². The molecule has 4 nitrogen and oxygen atoms in total. The highest BCUT2D eigenvalue weighted by molar-refractivity contribution is 7.92. The molecule has 0 radical (unpaired) electrons. The molecule has 0 spiro atoms. The Balaban J connectivity index is 2.30. The number of nitrogens with two attached hydrogens (primary N) is 1. The number of alkyl halides is 3. The van der Waals surface area contributed by atoms with E-state index in [-0.39, 0.29) is 16.3 Å². The van der Waals surface area contributed by atoms with E-state index in [9.17, 15) is 21.6 Å². The van der Waals surface area contributed by atoms with Crippen LogP contribution in [0, 0.1) is 0 Å². The summed E-state index contributed by atoms with van der Waals surface area (Å²) in [6, 6.07) is 9.38. The van der Waals surface area contributed by atoms with Gasteiger partial charge in [0.05, 0.1) is 21.8 Å². The smallest absolute Gasteiger partial charge is 0.397 e. The molecule has 8 heteroatoms. The van der Waals surface area contributed by atoms with Crippen molar-refractivity contribution in [2.45, 2.75) is 11.1 Å². The zero-order valence-corrected chi connectivity index (χ0v) is 11.4. The van der Waals surface area contributed by atoms with Gasteiger partial charge in [-0.15, -0.1) is 0 Å². The lowest BCUT2D eigenvalue weighted by Crippen LogP contribution is -2.14. The molecule has 0 atom stereocenters. The first-order chi connectivity index (χ1) is 9.70. The summed E-state index contributed by atoms with van der Waals surface area (Å²) in [5.74, 6) is 0. The van der Waals surface area contributed by atoms with Crippen molar-refractivity contribution in [2.75, 3.05) is 10.5 Å². The lowest BCUT2D eigenvalue weighted by molar-refractivity contribution is -0.137. The van der Waals surface area contributed by atoms with E-state index in [4.69, 9.17) is 5.73 Å². The number of nitrogen functional groups attached to an aromatic ring is 1. The zero-order chi connectivity index (χ0) is 15.7. The van der Waals surface area contributed by atoms with Gasteiger partial charge in [-0.3, -0.25) is 4.72 Å². The highest BCUT2D eigenvalue weighted by Crippen LogP contribution is 2.30. The number of para-hydroxylation sites is 2. The van der Waals surface area contributed by atoms with Gasteiger partial charge in [0.1, 0.15) is 0 Å². The number of hydrogen-bond acceptors (Lipinski definition) is 3. The molecule has 0 saturated carbocycles. The number of hydrogen-bond donors (Lipinski definition) is 2. The number of sulfonamides is 1. The molecule has 0 bridgehead atoms. The predicted octanol–water partition coefficient (Wildman–Crippen LogP) is 3.09. The molecule has 0 aromatic heterocycles. The van der Waals surface area contributed by atoms with Crippen LogP contribution in [0.4, 0.5) is 24.5 Å². The van der Waals surface area contributed by atoms with E-state index in [0.717, 1.165) is 12.1 Å². The van der Waals surface area contributed by atoms with Crippen molar-refractivity contribution in [3.63, 3.8) is 0 Å². The lowest BCUT2D eigenvalue weighted by atomic mass is 10.2. The van der Waals surface area contributed by atoms with Gasteiger partial charge in [0.15, 0.2) is 0 Å². The number of nitrogens with one attached hydrogen (secondary N) is 1. The van der Waals surface area contributed by atoms with Crippen molar-refractivity contribution in [1.82, 2.24) is 0 Å². The second-order valence-corrected chi connectivity index (χ2v) is 5.90. The summed E-state index contributed by atoms with van der Waals surface area (Å²) < 4.78 is 63.7. The van der Waals surface area contributed by atoms with Crippen LogP contribution in [0.15, 0.2) is 53.4 Å². The highest BCUT2D eigenvalue weighted by Gasteiger charge is 2.30. The topological polar surface area (TPSA) is 72.2 Å². The quantitative estimate of drug-likeness (QED) is 0.855. The minimum atomic E-state index is -4.51. The van der Waals surface area contributed by atoms with Gasteiger partial charge < -0.3 is 5.73 Å².